The molecule has 0 fully saturated rings. The first-order valence-electron chi connectivity index (χ1n) is 5.12. The molecule has 0 bridgehead atoms. The molecule has 1 unspecified atom stereocenters. The molecule has 1 aromatic carbocycles. The summed E-state index contributed by atoms with van der Waals surface area (Å²) in [5.74, 6) is -1.01. The molecule has 98 valence electrons. The normalized spacial score (nSPS) is 11.7. The number of halogens is 1. The molecule has 0 saturated heterocycles. The molecule has 0 saturated carbocycles. The molecule has 0 aliphatic carbocycles. The van der Waals surface area contributed by atoms with Gasteiger partial charge < -0.3 is 20.9 Å². The number of para-hydroxylation sites is 1. The van der Waals surface area contributed by atoms with Gasteiger partial charge in [-0.3, -0.25) is 9.59 Å². The van der Waals surface area contributed by atoms with Crippen LogP contribution in [0, 0.1) is 0 Å². The van der Waals surface area contributed by atoms with E-state index in [0.29, 0.717) is 10.8 Å². The van der Waals surface area contributed by atoms with E-state index in [1.54, 1.807) is 24.3 Å². The lowest BCUT2D eigenvalue weighted by molar-refractivity contribution is -0.127. The Labute approximate surface area is 109 Å². The van der Waals surface area contributed by atoms with Crippen LogP contribution in [-0.4, -0.2) is 36.2 Å². The van der Waals surface area contributed by atoms with Crippen molar-refractivity contribution in [3.63, 3.8) is 0 Å². The Hall–Kier alpha value is -1.79. The molecule has 4 N–H and O–H groups in total. The van der Waals surface area contributed by atoms with Crippen LogP contribution in [0.5, 0.6) is 5.75 Å². The largest absolute Gasteiger partial charge is 0.482 e. The second-order valence-corrected chi connectivity index (χ2v) is 3.85. The first-order valence-corrected chi connectivity index (χ1v) is 5.50. The van der Waals surface area contributed by atoms with Gasteiger partial charge in [0.2, 0.25) is 5.91 Å². The summed E-state index contributed by atoms with van der Waals surface area (Å²) in [5, 5.41) is 11.7. The number of benzene rings is 1. The average molecular weight is 273 g/mol. The summed E-state index contributed by atoms with van der Waals surface area (Å²) in [6.07, 6.45) is -1.41. The fourth-order valence-corrected chi connectivity index (χ4v) is 1.26. The van der Waals surface area contributed by atoms with Crippen LogP contribution in [0.1, 0.15) is 0 Å². The van der Waals surface area contributed by atoms with Crippen molar-refractivity contribution in [1.82, 2.24) is 5.32 Å². The summed E-state index contributed by atoms with van der Waals surface area (Å²) in [5.41, 5.74) is 4.82. The maximum Gasteiger partial charge on any atom is 0.258 e. The summed E-state index contributed by atoms with van der Waals surface area (Å²) in [6.45, 7) is -0.519. The van der Waals surface area contributed by atoms with Gasteiger partial charge >= 0.3 is 0 Å². The molecule has 0 aliphatic rings. The number of amides is 2. The number of carbonyl (C=O) groups is 2. The fraction of sp³-hybridized carbons (Fsp3) is 0.273. The molecule has 1 atom stereocenters. The summed E-state index contributed by atoms with van der Waals surface area (Å²) in [7, 11) is 0. The van der Waals surface area contributed by atoms with Gasteiger partial charge in [-0.15, -0.1) is 0 Å². The average Bonchev–Trinajstić information content (AvgIpc) is 2.34. The van der Waals surface area contributed by atoms with Gasteiger partial charge in [0.05, 0.1) is 11.6 Å². The third-order valence-corrected chi connectivity index (χ3v) is 2.33. The number of primary amides is 1. The number of nitrogens with two attached hydrogens (primary N) is 1. The second kappa shape index (κ2) is 6.83. The molecule has 0 aromatic heterocycles. The molecule has 6 nitrogen and oxygen atoms in total. The maximum atomic E-state index is 11.3. The summed E-state index contributed by atoms with van der Waals surface area (Å²) in [4.78, 5) is 21.8. The highest BCUT2D eigenvalue weighted by Crippen LogP contribution is 2.22. The Morgan fingerprint density at radius 1 is 1.44 bits per heavy atom. The Morgan fingerprint density at radius 3 is 2.72 bits per heavy atom. The highest BCUT2D eigenvalue weighted by Gasteiger charge is 2.12. The topological polar surface area (TPSA) is 102 Å². The van der Waals surface area contributed by atoms with Crippen molar-refractivity contribution in [2.75, 3.05) is 13.2 Å². The molecule has 1 aromatic rings. The summed E-state index contributed by atoms with van der Waals surface area (Å²) in [6, 6.07) is 6.70. The Bertz CT molecular complexity index is 439. The van der Waals surface area contributed by atoms with E-state index < -0.39 is 17.9 Å². The zero-order chi connectivity index (χ0) is 13.5. The van der Waals surface area contributed by atoms with Crippen LogP contribution in [0.25, 0.3) is 0 Å². The lowest BCUT2D eigenvalue weighted by Crippen LogP contribution is -2.41. The van der Waals surface area contributed by atoms with E-state index in [9.17, 15) is 9.59 Å². The van der Waals surface area contributed by atoms with Crippen molar-refractivity contribution in [2.24, 2.45) is 5.73 Å². The number of rotatable bonds is 6. The van der Waals surface area contributed by atoms with Crippen molar-refractivity contribution in [1.29, 1.82) is 0 Å². The van der Waals surface area contributed by atoms with Crippen molar-refractivity contribution in [3.05, 3.63) is 29.3 Å². The third kappa shape index (κ3) is 4.60. The molecule has 7 heteroatoms. The SMILES string of the molecule is NC(=O)C(O)CNC(=O)COc1ccccc1Cl. The van der Waals surface area contributed by atoms with Gasteiger partial charge in [0.25, 0.3) is 5.91 Å². The van der Waals surface area contributed by atoms with Gasteiger partial charge in [0, 0.05) is 0 Å². The maximum absolute atomic E-state index is 11.3. The van der Waals surface area contributed by atoms with Crippen molar-refractivity contribution < 1.29 is 19.4 Å². The zero-order valence-electron chi connectivity index (χ0n) is 9.43. The van der Waals surface area contributed by atoms with Crippen LogP contribution in [0.4, 0.5) is 0 Å². The van der Waals surface area contributed by atoms with E-state index in [1.165, 1.54) is 0 Å². The monoisotopic (exact) mass is 272 g/mol. The van der Waals surface area contributed by atoms with Crippen LogP contribution >= 0.6 is 11.6 Å². The van der Waals surface area contributed by atoms with Crippen molar-refractivity contribution in [3.8, 4) is 5.75 Å². The van der Waals surface area contributed by atoms with E-state index in [2.05, 4.69) is 5.32 Å². The Kier molecular flexibility index (Phi) is 5.41. The zero-order valence-corrected chi connectivity index (χ0v) is 10.2. The Morgan fingerprint density at radius 2 is 2.11 bits per heavy atom. The summed E-state index contributed by atoms with van der Waals surface area (Å²) >= 11 is 5.82. The van der Waals surface area contributed by atoms with E-state index in [4.69, 9.17) is 27.2 Å². The molecule has 0 aliphatic heterocycles. The number of ether oxygens (including phenoxy) is 1. The predicted molar refractivity (Wildman–Crippen MR) is 65.2 cm³/mol. The van der Waals surface area contributed by atoms with E-state index >= 15 is 0 Å². The lowest BCUT2D eigenvalue weighted by atomic mass is 10.3. The number of aliphatic hydroxyl groups excluding tert-OH is 1. The smallest absolute Gasteiger partial charge is 0.258 e. The van der Waals surface area contributed by atoms with Gasteiger partial charge in [-0.25, -0.2) is 0 Å². The third-order valence-electron chi connectivity index (χ3n) is 2.02. The first kappa shape index (κ1) is 14.3. The molecule has 18 heavy (non-hydrogen) atoms. The van der Waals surface area contributed by atoms with Crippen LogP contribution in [0.3, 0.4) is 0 Å². The van der Waals surface area contributed by atoms with Crippen molar-refractivity contribution in [2.45, 2.75) is 6.10 Å². The first-order chi connectivity index (χ1) is 8.50. The van der Waals surface area contributed by atoms with Gasteiger partial charge in [-0.05, 0) is 12.1 Å². The van der Waals surface area contributed by atoms with Crippen LogP contribution in [0.2, 0.25) is 5.02 Å². The van der Waals surface area contributed by atoms with E-state index in [0.717, 1.165) is 0 Å². The Balaban J connectivity index is 2.34. The van der Waals surface area contributed by atoms with Crippen LogP contribution in [-0.2, 0) is 9.59 Å². The van der Waals surface area contributed by atoms with Gasteiger partial charge in [-0.2, -0.15) is 0 Å². The van der Waals surface area contributed by atoms with Gasteiger partial charge in [0.1, 0.15) is 11.9 Å². The lowest BCUT2D eigenvalue weighted by Gasteiger charge is -2.10. The van der Waals surface area contributed by atoms with Crippen LogP contribution < -0.4 is 15.8 Å². The second-order valence-electron chi connectivity index (χ2n) is 3.44. The minimum atomic E-state index is -1.41. The number of aliphatic hydroxyl groups is 1. The minimum Gasteiger partial charge on any atom is -0.482 e. The van der Waals surface area contributed by atoms with E-state index in [-0.39, 0.29) is 13.2 Å². The number of carbonyl (C=O) groups excluding carboxylic acids is 2. The highest BCUT2D eigenvalue weighted by atomic mass is 35.5. The molecular formula is C11H13ClN2O4. The number of hydrogen-bond acceptors (Lipinski definition) is 4. The van der Waals surface area contributed by atoms with Crippen LogP contribution in [0.15, 0.2) is 24.3 Å². The van der Waals surface area contributed by atoms with Gasteiger partial charge in [-0.1, -0.05) is 23.7 Å². The highest BCUT2D eigenvalue weighted by molar-refractivity contribution is 6.32. The fourth-order valence-electron chi connectivity index (χ4n) is 1.07. The van der Waals surface area contributed by atoms with Crippen molar-refractivity contribution >= 4 is 23.4 Å². The van der Waals surface area contributed by atoms with Gasteiger partial charge in [0.15, 0.2) is 6.61 Å². The molecule has 2 amide bonds. The standard InChI is InChI=1S/C11H13ClN2O4/c12-7-3-1-2-4-9(7)18-6-10(16)14-5-8(15)11(13)17/h1-4,8,15H,5-6H2,(H2,13,17)(H,14,16). The molecule has 0 heterocycles. The quantitative estimate of drug-likeness (QED) is 0.660. The predicted octanol–water partition coefficient (Wildman–Crippen LogP) is -0.319. The number of nitrogens with one attached hydrogen (secondary N) is 1. The number of hydrogen-bond donors (Lipinski definition) is 3. The summed E-state index contributed by atoms with van der Waals surface area (Å²) < 4.78 is 5.15. The molecular weight excluding hydrogens is 260 g/mol. The van der Waals surface area contributed by atoms with E-state index in [1.807, 2.05) is 0 Å². The molecule has 0 radical (unpaired) electrons. The molecule has 0 spiro atoms. The minimum absolute atomic E-state index is 0.250. The molecule has 1 rings (SSSR count).